The van der Waals surface area contributed by atoms with E-state index >= 15 is 0 Å². The Balaban J connectivity index is 2.32. The highest BCUT2D eigenvalue weighted by Gasteiger charge is 1.99. The molecule has 0 aliphatic rings. The largest absolute Gasteiger partial charge is 0.314 e. The Bertz CT molecular complexity index is 223. The van der Waals surface area contributed by atoms with E-state index in [-0.39, 0.29) is 0 Å². The molecular weight excluding hydrogens is 162 g/mol. The number of hydrogen-bond donors (Lipinski definition) is 1. The maximum atomic E-state index is 9.47. The summed E-state index contributed by atoms with van der Waals surface area (Å²) < 4.78 is 0. The van der Waals surface area contributed by atoms with Crippen LogP contribution in [0.1, 0.15) is 25.3 Å². The summed E-state index contributed by atoms with van der Waals surface area (Å²) in [5.74, 6) is 0. The zero-order valence-electron chi connectivity index (χ0n) is 8.11. The van der Waals surface area contributed by atoms with Crippen molar-refractivity contribution in [2.75, 3.05) is 6.54 Å². The molecule has 1 rings (SSSR count). The molecule has 0 bridgehead atoms. The molecule has 0 amide bonds. The van der Waals surface area contributed by atoms with Gasteiger partial charge in [0.25, 0.3) is 0 Å². The van der Waals surface area contributed by atoms with Gasteiger partial charge in [0.1, 0.15) is 0 Å². The van der Waals surface area contributed by atoms with E-state index in [0.29, 0.717) is 6.54 Å². The second-order valence-corrected chi connectivity index (χ2v) is 3.23. The smallest absolute Gasteiger partial charge is 0.0488 e. The lowest BCUT2D eigenvalue weighted by Gasteiger charge is -2.13. The fraction of sp³-hybridized carbons (Fsp3) is 0.455. The molecule has 0 aliphatic carbocycles. The first kappa shape index (κ1) is 10.2. The highest BCUT2D eigenvalue weighted by atomic mass is 16.5. The summed E-state index contributed by atoms with van der Waals surface area (Å²) in [4.78, 5) is 0. The quantitative estimate of drug-likeness (QED) is 0.702. The minimum absolute atomic E-state index is 0.626. The molecule has 0 atom stereocenters. The van der Waals surface area contributed by atoms with Gasteiger partial charge in [-0.3, -0.25) is 0 Å². The van der Waals surface area contributed by atoms with Gasteiger partial charge in [-0.05, 0) is 12.0 Å². The summed E-state index contributed by atoms with van der Waals surface area (Å²) in [5.41, 5.74) is 1.15. The van der Waals surface area contributed by atoms with Crippen LogP contribution in [0.5, 0.6) is 0 Å². The first-order chi connectivity index (χ1) is 6.33. The fourth-order valence-corrected chi connectivity index (χ4v) is 1.21. The van der Waals surface area contributed by atoms with Gasteiger partial charge in [-0.2, -0.15) is 5.06 Å². The van der Waals surface area contributed by atoms with E-state index < -0.39 is 0 Å². The van der Waals surface area contributed by atoms with Crippen molar-refractivity contribution in [2.24, 2.45) is 0 Å². The van der Waals surface area contributed by atoms with E-state index in [1.54, 1.807) is 0 Å². The molecule has 0 fully saturated rings. The molecule has 2 nitrogen and oxygen atoms in total. The molecule has 1 aromatic carbocycles. The summed E-state index contributed by atoms with van der Waals surface area (Å²) in [6, 6.07) is 10.0. The molecular formula is C11H17NO. The van der Waals surface area contributed by atoms with Crippen molar-refractivity contribution < 1.29 is 5.21 Å². The van der Waals surface area contributed by atoms with Gasteiger partial charge < -0.3 is 5.21 Å². The summed E-state index contributed by atoms with van der Waals surface area (Å²) in [6.07, 6.45) is 2.16. The van der Waals surface area contributed by atoms with Crippen LogP contribution in [0.4, 0.5) is 0 Å². The van der Waals surface area contributed by atoms with Crippen LogP contribution in [0.3, 0.4) is 0 Å². The lowest BCUT2D eigenvalue weighted by atomic mass is 10.2. The molecule has 0 radical (unpaired) electrons. The number of hydroxylamine groups is 2. The average molecular weight is 179 g/mol. The van der Waals surface area contributed by atoms with Crippen molar-refractivity contribution in [1.82, 2.24) is 5.06 Å². The first-order valence-corrected chi connectivity index (χ1v) is 4.80. The van der Waals surface area contributed by atoms with Crippen LogP contribution in [0.2, 0.25) is 0 Å². The van der Waals surface area contributed by atoms with E-state index in [4.69, 9.17) is 0 Å². The predicted molar refractivity (Wildman–Crippen MR) is 53.5 cm³/mol. The van der Waals surface area contributed by atoms with Gasteiger partial charge in [0.05, 0.1) is 0 Å². The Morgan fingerprint density at radius 2 is 1.92 bits per heavy atom. The van der Waals surface area contributed by atoms with Crippen LogP contribution in [0, 0.1) is 0 Å². The lowest BCUT2D eigenvalue weighted by molar-refractivity contribution is -0.0998. The van der Waals surface area contributed by atoms with Gasteiger partial charge in [-0.1, -0.05) is 43.7 Å². The van der Waals surface area contributed by atoms with E-state index in [0.717, 1.165) is 24.9 Å². The second-order valence-electron chi connectivity index (χ2n) is 3.23. The van der Waals surface area contributed by atoms with Crippen molar-refractivity contribution >= 4 is 0 Å². The van der Waals surface area contributed by atoms with Crippen molar-refractivity contribution in [2.45, 2.75) is 26.3 Å². The SMILES string of the molecule is CCCCN(O)Cc1ccccc1. The topological polar surface area (TPSA) is 23.5 Å². The van der Waals surface area contributed by atoms with Gasteiger partial charge in [-0.15, -0.1) is 0 Å². The Kier molecular flexibility index (Phi) is 4.50. The highest BCUT2D eigenvalue weighted by Crippen LogP contribution is 2.02. The van der Waals surface area contributed by atoms with Gasteiger partial charge in [-0.25, -0.2) is 0 Å². The lowest BCUT2D eigenvalue weighted by Crippen LogP contribution is -2.19. The summed E-state index contributed by atoms with van der Waals surface area (Å²) >= 11 is 0. The molecule has 0 aromatic heterocycles. The molecule has 1 aromatic rings. The molecule has 2 heteroatoms. The highest BCUT2D eigenvalue weighted by molar-refractivity contribution is 5.13. The fourth-order valence-electron chi connectivity index (χ4n) is 1.21. The van der Waals surface area contributed by atoms with E-state index in [2.05, 4.69) is 6.92 Å². The Morgan fingerprint density at radius 3 is 2.54 bits per heavy atom. The van der Waals surface area contributed by atoms with Crippen LogP contribution in [0.25, 0.3) is 0 Å². The Labute approximate surface area is 79.8 Å². The summed E-state index contributed by atoms with van der Waals surface area (Å²) in [7, 11) is 0. The molecule has 0 unspecified atom stereocenters. The zero-order valence-corrected chi connectivity index (χ0v) is 8.11. The molecule has 0 saturated carbocycles. The first-order valence-electron chi connectivity index (χ1n) is 4.80. The molecule has 0 spiro atoms. The Morgan fingerprint density at radius 1 is 1.23 bits per heavy atom. The number of benzene rings is 1. The van der Waals surface area contributed by atoms with Crippen LogP contribution in [-0.2, 0) is 6.54 Å². The second kappa shape index (κ2) is 5.73. The van der Waals surface area contributed by atoms with E-state index in [1.165, 1.54) is 5.06 Å². The average Bonchev–Trinajstić information content (AvgIpc) is 2.16. The standard InChI is InChI=1S/C11H17NO/c1-2-3-9-12(13)10-11-7-5-4-6-8-11/h4-8,13H,2-3,9-10H2,1H3. The molecule has 0 heterocycles. The van der Waals surface area contributed by atoms with Crippen LogP contribution < -0.4 is 0 Å². The Hall–Kier alpha value is -0.860. The van der Waals surface area contributed by atoms with Crippen molar-refractivity contribution in [3.8, 4) is 0 Å². The van der Waals surface area contributed by atoms with Gasteiger partial charge >= 0.3 is 0 Å². The summed E-state index contributed by atoms with van der Waals surface area (Å²) in [5, 5.41) is 10.8. The number of hydrogen-bond acceptors (Lipinski definition) is 2. The molecule has 0 aliphatic heterocycles. The monoisotopic (exact) mass is 179 g/mol. The van der Waals surface area contributed by atoms with Crippen molar-refractivity contribution in [1.29, 1.82) is 0 Å². The summed E-state index contributed by atoms with van der Waals surface area (Å²) in [6.45, 7) is 3.50. The van der Waals surface area contributed by atoms with Crippen molar-refractivity contribution in [3.05, 3.63) is 35.9 Å². The number of nitrogens with zero attached hydrogens (tertiary/aromatic N) is 1. The third-order valence-corrected chi connectivity index (χ3v) is 1.98. The normalized spacial score (nSPS) is 10.7. The van der Waals surface area contributed by atoms with Crippen molar-refractivity contribution in [3.63, 3.8) is 0 Å². The van der Waals surface area contributed by atoms with E-state index in [1.807, 2.05) is 30.3 Å². The van der Waals surface area contributed by atoms with Gasteiger partial charge in [0.2, 0.25) is 0 Å². The molecule has 72 valence electrons. The minimum atomic E-state index is 0.626. The minimum Gasteiger partial charge on any atom is -0.314 e. The van der Waals surface area contributed by atoms with Gasteiger partial charge in [0, 0.05) is 13.1 Å². The maximum Gasteiger partial charge on any atom is 0.0488 e. The number of rotatable bonds is 5. The molecule has 1 N–H and O–H groups in total. The van der Waals surface area contributed by atoms with Crippen LogP contribution in [0.15, 0.2) is 30.3 Å². The molecule has 13 heavy (non-hydrogen) atoms. The van der Waals surface area contributed by atoms with Crippen LogP contribution >= 0.6 is 0 Å². The van der Waals surface area contributed by atoms with Crippen LogP contribution in [-0.4, -0.2) is 16.8 Å². The number of unbranched alkanes of at least 4 members (excludes halogenated alkanes) is 1. The predicted octanol–water partition coefficient (Wildman–Crippen LogP) is 2.68. The van der Waals surface area contributed by atoms with Gasteiger partial charge in [0.15, 0.2) is 0 Å². The zero-order chi connectivity index (χ0) is 9.52. The van der Waals surface area contributed by atoms with E-state index in [9.17, 15) is 5.21 Å². The third-order valence-electron chi connectivity index (χ3n) is 1.98. The third kappa shape index (κ3) is 4.06. The maximum absolute atomic E-state index is 9.47. The molecule has 0 saturated heterocycles.